The molecular formula is C22H15N3S. The lowest BCUT2D eigenvalue weighted by Gasteiger charge is -2.15. The molecule has 4 heteroatoms. The van der Waals surface area contributed by atoms with Crippen molar-refractivity contribution >= 4 is 11.3 Å². The third kappa shape index (κ3) is 2.63. The summed E-state index contributed by atoms with van der Waals surface area (Å²) in [4.78, 5) is 1.41. The summed E-state index contributed by atoms with van der Waals surface area (Å²) in [7, 11) is 0. The minimum atomic E-state index is 0.930. The first kappa shape index (κ1) is 15.1. The number of aryl methyl sites for hydroxylation is 1. The predicted molar refractivity (Wildman–Crippen MR) is 105 cm³/mol. The van der Waals surface area contributed by atoms with Crippen molar-refractivity contribution < 1.29 is 0 Å². The number of rotatable bonds is 1. The number of thiophene rings is 1. The van der Waals surface area contributed by atoms with Gasteiger partial charge in [-0.15, -0.1) is 21.5 Å². The lowest BCUT2D eigenvalue weighted by molar-refractivity contribution is 0.696. The summed E-state index contributed by atoms with van der Waals surface area (Å²) >= 11 is 1.80. The van der Waals surface area contributed by atoms with Gasteiger partial charge in [0.15, 0.2) is 11.6 Å². The van der Waals surface area contributed by atoms with Crippen LogP contribution in [0.5, 0.6) is 0 Å². The van der Waals surface area contributed by atoms with Crippen LogP contribution >= 0.6 is 11.3 Å². The molecule has 1 aliphatic rings. The predicted octanol–water partition coefficient (Wildman–Crippen LogP) is 4.63. The van der Waals surface area contributed by atoms with Crippen molar-refractivity contribution in [3.8, 4) is 34.6 Å². The van der Waals surface area contributed by atoms with Crippen LogP contribution in [0.25, 0.3) is 22.8 Å². The molecule has 0 amide bonds. The Morgan fingerprint density at radius 3 is 2.35 bits per heavy atom. The van der Waals surface area contributed by atoms with E-state index in [0.717, 1.165) is 41.3 Å². The van der Waals surface area contributed by atoms with E-state index in [2.05, 4.69) is 50.2 Å². The Balaban J connectivity index is 1.45. The Hall–Kier alpha value is -3.16. The molecule has 3 heterocycles. The van der Waals surface area contributed by atoms with E-state index in [1.807, 2.05) is 42.5 Å². The highest BCUT2D eigenvalue weighted by Gasteiger charge is 2.22. The van der Waals surface area contributed by atoms with Gasteiger partial charge in [-0.05, 0) is 47.8 Å². The van der Waals surface area contributed by atoms with Gasteiger partial charge in [0.25, 0.3) is 0 Å². The van der Waals surface area contributed by atoms with Crippen molar-refractivity contribution in [3.05, 3.63) is 82.0 Å². The van der Waals surface area contributed by atoms with Crippen LogP contribution < -0.4 is 0 Å². The van der Waals surface area contributed by atoms with E-state index in [4.69, 9.17) is 0 Å². The molecule has 0 bridgehead atoms. The second-order valence-electron chi connectivity index (χ2n) is 6.20. The first-order valence-corrected chi connectivity index (χ1v) is 9.44. The van der Waals surface area contributed by atoms with Crippen LogP contribution in [0, 0.1) is 11.8 Å². The van der Waals surface area contributed by atoms with E-state index >= 15 is 0 Å². The van der Waals surface area contributed by atoms with Crippen LogP contribution in [0.2, 0.25) is 0 Å². The Bertz CT molecular complexity index is 1130. The third-order valence-electron chi connectivity index (χ3n) is 4.57. The maximum Gasteiger partial charge on any atom is 0.165 e. The average molecular weight is 353 g/mol. The molecule has 2 aromatic heterocycles. The van der Waals surface area contributed by atoms with Crippen molar-refractivity contribution in [2.45, 2.75) is 13.0 Å². The van der Waals surface area contributed by atoms with Crippen LogP contribution in [-0.4, -0.2) is 14.8 Å². The molecule has 2 aromatic carbocycles. The third-order valence-corrected chi connectivity index (χ3v) is 5.55. The van der Waals surface area contributed by atoms with Gasteiger partial charge in [-0.25, -0.2) is 0 Å². The smallest absolute Gasteiger partial charge is 0.165 e. The Morgan fingerprint density at radius 1 is 0.808 bits per heavy atom. The first-order chi connectivity index (χ1) is 12.9. The summed E-state index contributed by atoms with van der Waals surface area (Å²) in [6.07, 6.45) is 1.05. The SMILES string of the molecule is C(#Cc1ccc(-c2nnc3n2CCc2sccc2-3)cc1)c1ccccc1. The molecule has 3 nitrogen and oxygen atoms in total. The molecule has 0 radical (unpaired) electrons. The van der Waals surface area contributed by atoms with Gasteiger partial charge in [-0.1, -0.05) is 30.0 Å². The summed E-state index contributed by atoms with van der Waals surface area (Å²) in [5.74, 6) is 8.32. The Labute approximate surface area is 156 Å². The standard InChI is InChI=1S/C22H15N3S/c1-2-4-16(5-3-1)6-7-17-8-10-18(11-9-17)21-23-24-22-19-13-15-26-20(19)12-14-25(21)22/h1-5,8-11,13,15H,12,14H2. The van der Waals surface area contributed by atoms with Crippen molar-refractivity contribution in [1.29, 1.82) is 0 Å². The quantitative estimate of drug-likeness (QED) is 0.467. The first-order valence-electron chi connectivity index (χ1n) is 8.56. The molecule has 0 spiro atoms. The fourth-order valence-corrected chi connectivity index (χ4v) is 4.11. The van der Waals surface area contributed by atoms with Crippen LogP contribution in [0.1, 0.15) is 16.0 Å². The minimum absolute atomic E-state index is 0.930. The molecule has 0 saturated carbocycles. The molecule has 5 rings (SSSR count). The van der Waals surface area contributed by atoms with E-state index in [0.29, 0.717) is 0 Å². The minimum Gasteiger partial charge on any atom is -0.307 e. The summed E-state index contributed by atoms with van der Waals surface area (Å²) in [5.41, 5.74) is 4.32. The van der Waals surface area contributed by atoms with Gasteiger partial charge in [0.2, 0.25) is 0 Å². The van der Waals surface area contributed by atoms with E-state index < -0.39 is 0 Å². The highest BCUT2D eigenvalue weighted by molar-refractivity contribution is 7.10. The van der Waals surface area contributed by atoms with Crippen LogP contribution in [0.3, 0.4) is 0 Å². The maximum absolute atomic E-state index is 4.45. The number of hydrogen-bond acceptors (Lipinski definition) is 3. The number of hydrogen-bond donors (Lipinski definition) is 0. The van der Waals surface area contributed by atoms with Crippen LogP contribution in [0.4, 0.5) is 0 Å². The van der Waals surface area contributed by atoms with Gasteiger partial charge in [0, 0.05) is 40.1 Å². The normalized spacial score (nSPS) is 12.0. The molecule has 0 N–H and O–H groups in total. The fraction of sp³-hybridized carbons (Fsp3) is 0.0909. The summed E-state index contributed by atoms with van der Waals surface area (Å²) in [5, 5.41) is 11.0. The molecule has 124 valence electrons. The molecule has 4 aromatic rings. The van der Waals surface area contributed by atoms with Gasteiger partial charge in [0.1, 0.15) is 0 Å². The van der Waals surface area contributed by atoms with Crippen molar-refractivity contribution in [2.75, 3.05) is 0 Å². The largest absolute Gasteiger partial charge is 0.307 e. The van der Waals surface area contributed by atoms with E-state index in [-0.39, 0.29) is 0 Å². The molecular weight excluding hydrogens is 338 g/mol. The maximum atomic E-state index is 4.45. The van der Waals surface area contributed by atoms with E-state index in [1.165, 1.54) is 10.4 Å². The molecule has 0 fully saturated rings. The number of nitrogens with zero attached hydrogens (tertiary/aromatic N) is 3. The number of benzene rings is 2. The molecule has 1 aliphatic heterocycles. The van der Waals surface area contributed by atoms with Crippen molar-refractivity contribution in [3.63, 3.8) is 0 Å². The van der Waals surface area contributed by atoms with Gasteiger partial charge in [0.05, 0.1) is 0 Å². The average Bonchev–Trinajstić information content (AvgIpc) is 3.34. The van der Waals surface area contributed by atoms with Crippen LogP contribution in [0.15, 0.2) is 66.0 Å². The van der Waals surface area contributed by atoms with E-state index in [1.54, 1.807) is 11.3 Å². The zero-order valence-electron chi connectivity index (χ0n) is 14.0. The summed E-state index contributed by atoms with van der Waals surface area (Å²) in [6.45, 7) is 0.931. The molecule has 26 heavy (non-hydrogen) atoms. The van der Waals surface area contributed by atoms with Gasteiger partial charge in [-0.3, -0.25) is 0 Å². The Morgan fingerprint density at radius 2 is 1.54 bits per heavy atom. The van der Waals surface area contributed by atoms with Crippen molar-refractivity contribution in [2.24, 2.45) is 0 Å². The summed E-state index contributed by atoms with van der Waals surface area (Å²) < 4.78 is 2.22. The molecule has 0 atom stereocenters. The van der Waals surface area contributed by atoms with Crippen LogP contribution in [-0.2, 0) is 13.0 Å². The van der Waals surface area contributed by atoms with Gasteiger partial charge < -0.3 is 4.57 Å². The topological polar surface area (TPSA) is 30.7 Å². The van der Waals surface area contributed by atoms with Crippen molar-refractivity contribution in [1.82, 2.24) is 14.8 Å². The Kier molecular flexibility index (Phi) is 3.66. The fourth-order valence-electron chi connectivity index (χ4n) is 3.24. The lowest BCUT2D eigenvalue weighted by Crippen LogP contribution is -2.10. The highest BCUT2D eigenvalue weighted by atomic mass is 32.1. The van der Waals surface area contributed by atoms with Gasteiger partial charge >= 0.3 is 0 Å². The lowest BCUT2D eigenvalue weighted by atomic mass is 10.1. The number of fused-ring (bicyclic) bond motifs is 3. The van der Waals surface area contributed by atoms with E-state index in [9.17, 15) is 0 Å². The van der Waals surface area contributed by atoms with Gasteiger partial charge in [-0.2, -0.15) is 0 Å². The number of aromatic nitrogens is 3. The molecule has 0 saturated heterocycles. The highest BCUT2D eigenvalue weighted by Crippen LogP contribution is 2.34. The zero-order chi connectivity index (χ0) is 17.3. The molecule has 0 unspecified atom stereocenters. The monoisotopic (exact) mass is 353 g/mol. The second-order valence-corrected chi connectivity index (χ2v) is 7.20. The zero-order valence-corrected chi connectivity index (χ0v) is 14.8. The second kappa shape index (κ2) is 6.29. The molecule has 0 aliphatic carbocycles. The summed E-state index contributed by atoms with van der Waals surface area (Å²) in [6, 6.07) is 20.4.